The predicted molar refractivity (Wildman–Crippen MR) is 57.0 cm³/mol. The zero-order valence-electron chi connectivity index (χ0n) is 9.65. The van der Waals surface area contributed by atoms with Crippen molar-refractivity contribution in [1.82, 2.24) is 0 Å². The molecule has 0 heterocycles. The molecule has 0 fully saturated rings. The molecule has 0 saturated heterocycles. The SMILES string of the molecule is C[CH]C(CC(C)(C)CC)C(C)C. The molecule has 0 spiro atoms. The van der Waals surface area contributed by atoms with Gasteiger partial charge in [0.2, 0.25) is 0 Å². The van der Waals surface area contributed by atoms with Crippen LogP contribution in [0.1, 0.15) is 54.4 Å². The lowest BCUT2D eigenvalue weighted by Gasteiger charge is -2.30. The van der Waals surface area contributed by atoms with E-state index in [2.05, 4.69) is 48.0 Å². The molecule has 0 N–H and O–H groups in total. The summed E-state index contributed by atoms with van der Waals surface area (Å²) in [4.78, 5) is 0. The zero-order valence-corrected chi connectivity index (χ0v) is 9.65. The third kappa shape index (κ3) is 4.13. The molecule has 0 heteroatoms. The van der Waals surface area contributed by atoms with Crippen molar-refractivity contribution in [3.8, 4) is 0 Å². The summed E-state index contributed by atoms with van der Waals surface area (Å²) in [6.07, 6.45) is 4.98. The van der Waals surface area contributed by atoms with Gasteiger partial charge < -0.3 is 0 Å². The van der Waals surface area contributed by atoms with Crippen molar-refractivity contribution >= 4 is 0 Å². The molecule has 0 bridgehead atoms. The highest BCUT2D eigenvalue weighted by molar-refractivity contribution is 4.80. The first kappa shape index (κ1) is 12.0. The molecule has 0 aromatic carbocycles. The molecular formula is C12H25. The van der Waals surface area contributed by atoms with E-state index in [1.54, 1.807) is 0 Å². The fourth-order valence-electron chi connectivity index (χ4n) is 1.52. The van der Waals surface area contributed by atoms with Gasteiger partial charge in [-0.05, 0) is 30.1 Å². The highest BCUT2D eigenvalue weighted by Crippen LogP contribution is 2.33. The van der Waals surface area contributed by atoms with Crippen LogP contribution >= 0.6 is 0 Å². The van der Waals surface area contributed by atoms with Gasteiger partial charge in [-0.15, -0.1) is 0 Å². The van der Waals surface area contributed by atoms with Crippen molar-refractivity contribution in [2.45, 2.75) is 54.4 Å². The molecule has 0 nitrogen and oxygen atoms in total. The second-order valence-corrected chi connectivity index (χ2v) is 4.96. The van der Waals surface area contributed by atoms with Gasteiger partial charge in [0.1, 0.15) is 0 Å². The molecule has 1 atom stereocenters. The van der Waals surface area contributed by atoms with Crippen molar-refractivity contribution in [3.05, 3.63) is 6.42 Å². The van der Waals surface area contributed by atoms with Crippen LogP contribution < -0.4 is 0 Å². The summed E-state index contributed by atoms with van der Waals surface area (Å²) < 4.78 is 0. The molecule has 73 valence electrons. The maximum atomic E-state index is 2.37. The van der Waals surface area contributed by atoms with Gasteiger partial charge in [-0.25, -0.2) is 0 Å². The molecule has 1 unspecified atom stereocenters. The smallest absolute Gasteiger partial charge is 0.0354 e. The fourth-order valence-corrected chi connectivity index (χ4v) is 1.52. The van der Waals surface area contributed by atoms with Crippen molar-refractivity contribution in [1.29, 1.82) is 0 Å². The average molecular weight is 169 g/mol. The highest BCUT2D eigenvalue weighted by Gasteiger charge is 2.22. The first-order valence-corrected chi connectivity index (χ1v) is 5.22. The predicted octanol–water partition coefficient (Wildman–Crippen LogP) is 4.31. The molecule has 0 aliphatic carbocycles. The van der Waals surface area contributed by atoms with Crippen LogP contribution in [0, 0.1) is 23.7 Å². The summed E-state index contributed by atoms with van der Waals surface area (Å²) in [6, 6.07) is 0. The Morgan fingerprint density at radius 2 is 1.75 bits per heavy atom. The van der Waals surface area contributed by atoms with Gasteiger partial charge in [0, 0.05) is 0 Å². The Labute approximate surface area is 78.8 Å². The second kappa shape index (κ2) is 4.89. The quantitative estimate of drug-likeness (QED) is 0.575. The fraction of sp³-hybridized carbons (Fsp3) is 0.917. The molecule has 12 heavy (non-hydrogen) atoms. The summed E-state index contributed by atoms with van der Waals surface area (Å²) in [5, 5.41) is 0. The monoisotopic (exact) mass is 169 g/mol. The van der Waals surface area contributed by atoms with Crippen molar-refractivity contribution in [2.75, 3.05) is 0 Å². The lowest BCUT2D eigenvalue weighted by atomic mass is 9.76. The summed E-state index contributed by atoms with van der Waals surface area (Å²) in [5.74, 6) is 1.58. The number of hydrogen-bond donors (Lipinski definition) is 0. The standard InChI is InChI=1S/C12H25/c1-7-11(10(3)4)9-12(5,6)8-2/h7,10-11H,8-9H2,1-6H3. The van der Waals surface area contributed by atoms with Gasteiger partial charge in [-0.3, -0.25) is 0 Å². The molecule has 1 radical (unpaired) electrons. The molecule has 0 rings (SSSR count). The van der Waals surface area contributed by atoms with Crippen molar-refractivity contribution in [2.24, 2.45) is 17.3 Å². The number of rotatable bonds is 5. The maximum Gasteiger partial charge on any atom is -0.0354 e. The van der Waals surface area contributed by atoms with Gasteiger partial charge in [0.25, 0.3) is 0 Å². The maximum absolute atomic E-state index is 2.37. The van der Waals surface area contributed by atoms with Crippen LogP contribution in [0.5, 0.6) is 0 Å². The van der Waals surface area contributed by atoms with Crippen LogP contribution in [0.25, 0.3) is 0 Å². The van der Waals surface area contributed by atoms with Gasteiger partial charge in [0.15, 0.2) is 0 Å². The molecular weight excluding hydrogens is 144 g/mol. The van der Waals surface area contributed by atoms with Gasteiger partial charge >= 0.3 is 0 Å². The molecule has 0 aliphatic rings. The Balaban J connectivity index is 4.01. The topological polar surface area (TPSA) is 0 Å². The summed E-state index contributed by atoms with van der Waals surface area (Å²) >= 11 is 0. The Morgan fingerprint density at radius 1 is 1.25 bits per heavy atom. The summed E-state index contributed by atoms with van der Waals surface area (Å²) in [7, 11) is 0. The van der Waals surface area contributed by atoms with E-state index in [0.29, 0.717) is 5.41 Å². The second-order valence-electron chi connectivity index (χ2n) is 4.96. The van der Waals surface area contributed by atoms with E-state index in [-0.39, 0.29) is 0 Å². The molecule has 0 amide bonds. The summed E-state index contributed by atoms with van der Waals surface area (Å²) in [5.41, 5.74) is 0.515. The van der Waals surface area contributed by atoms with E-state index in [1.165, 1.54) is 12.8 Å². The minimum Gasteiger partial charge on any atom is -0.0649 e. The third-order valence-electron chi connectivity index (χ3n) is 3.03. The van der Waals surface area contributed by atoms with Crippen molar-refractivity contribution in [3.63, 3.8) is 0 Å². The van der Waals surface area contributed by atoms with Crippen LogP contribution in [-0.4, -0.2) is 0 Å². The van der Waals surface area contributed by atoms with Crippen LogP contribution in [0.4, 0.5) is 0 Å². The van der Waals surface area contributed by atoms with Crippen LogP contribution in [0.3, 0.4) is 0 Å². The Hall–Kier alpha value is 0. The number of hydrogen-bond acceptors (Lipinski definition) is 0. The molecule has 0 aliphatic heterocycles. The molecule has 0 aromatic rings. The minimum atomic E-state index is 0.515. The Kier molecular flexibility index (Phi) is 4.89. The lowest BCUT2D eigenvalue weighted by molar-refractivity contribution is 0.239. The van der Waals surface area contributed by atoms with Crippen LogP contribution in [0.2, 0.25) is 0 Å². The van der Waals surface area contributed by atoms with Gasteiger partial charge in [-0.1, -0.05) is 48.0 Å². The minimum absolute atomic E-state index is 0.515. The van der Waals surface area contributed by atoms with E-state index in [0.717, 1.165) is 11.8 Å². The first-order valence-electron chi connectivity index (χ1n) is 5.22. The van der Waals surface area contributed by atoms with E-state index in [9.17, 15) is 0 Å². The first-order chi connectivity index (χ1) is 5.43. The molecule has 0 aromatic heterocycles. The third-order valence-corrected chi connectivity index (χ3v) is 3.03. The molecule has 0 saturated carbocycles. The Bertz CT molecular complexity index is 111. The van der Waals surface area contributed by atoms with Gasteiger partial charge in [0.05, 0.1) is 0 Å². The average Bonchev–Trinajstić information content (AvgIpc) is 2.00. The van der Waals surface area contributed by atoms with E-state index in [4.69, 9.17) is 0 Å². The van der Waals surface area contributed by atoms with Crippen molar-refractivity contribution < 1.29 is 0 Å². The largest absolute Gasteiger partial charge is 0.0649 e. The van der Waals surface area contributed by atoms with E-state index in [1.807, 2.05) is 0 Å². The Morgan fingerprint density at radius 3 is 2.00 bits per heavy atom. The van der Waals surface area contributed by atoms with E-state index < -0.39 is 0 Å². The van der Waals surface area contributed by atoms with Crippen LogP contribution in [0.15, 0.2) is 0 Å². The normalized spacial score (nSPS) is 15.2. The highest BCUT2D eigenvalue weighted by atomic mass is 14.3. The lowest BCUT2D eigenvalue weighted by Crippen LogP contribution is -2.19. The van der Waals surface area contributed by atoms with Gasteiger partial charge in [-0.2, -0.15) is 0 Å². The van der Waals surface area contributed by atoms with Crippen LogP contribution in [-0.2, 0) is 0 Å². The zero-order chi connectivity index (χ0) is 9.78. The summed E-state index contributed by atoms with van der Waals surface area (Å²) in [6.45, 7) is 13.8. The van der Waals surface area contributed by atoms with E-state index >= 15 is 0 Å².